The first-order valence-corrected chi connectivity index (χ1v) is 4.79. The Balaban J connectivity index is 2.15. The Hall–Kier alpha value is -0.940. The molecule has 1 aromatic rings. The van der Waals surface area contributed by atoms with Gasteiger partial charge in [0.25, 0.3) is 0 Å². The van der Waals surface area contributed by atoms with Crippen molar-refractivity contribution in [3.8, 4) is 0 Å². The zero-order valence-electron chi connectivity index (χ0n) is 9.03. The Kier molecular flexibility index (Phi) is 4.55. The predicted molar refractivity (Wildman–Crippen MR) is 54.0 cm³/mol. The zero-order chi connectivity index (χ0) is 10.4. The summed E-state index contributed by atoms with van der Waals surface area (Å²) in [6, 6.07) is 0.378. The van der Waals surface area contributed by atoms with Crippen molar-refractivity contribution in [2.45, 2.75) is 19.4 Å². The summed E-state index contributed by atoms with van der Waals surface area (Å²) >= 11 is 0. The summed E-state index contributed by atoms with van der Waals surface area (Å²) in [5.41, 5.74) is 0. The molecule has 0 aliphatic carbocycles. The number of hydrogen-bond donors (Lipinski definition) is 1. The Morgan fingerprint density at radius 1 is 1.64 bits per heavy atom. The average molecular weight is 198 g/mol. The van der Waals surface area contributed by atoms with Gasteiger partial charge in [0.2, 0.25) is 0 Å². The molecule has 0 aromatic carbocycles. The van der Waals surface area contributed by atoms with Gasteiger partial charge in [-0.25, -0.2) is 4.98 Å². The minimum Gasteiger partial charge on any atom is -0.383 e. The van der Waals surface area contributed by atoms with Gasteiger partial charge in [-0.15, -0.1) is 0 Å². The highest BCUT2D eigenvalue weighted by Crippen LogP contribution is 1.89. The second-order valence-electron chi connectivity index (χ2n) is 3.39. The van der Waals surface area contributed by atoms with Crippen molar-refractivity contribution in [1.82, 2.24) is 20.1 Å². The number of methoxy groups -OCH3 is 1. The van der Waals surface area contributed by atoms with Crippen LogP contribution in [0.25, 0.3) is 0 Å². The molecule has 5 nitrogen and oxygen atoms in total. The standard InChI is InChI=1S/C9H18N4O/c1-8(6-14-3)10-5-4-9-11-7-13(2)12-9/h7-8,10H,4-6H2,1-3H3. The van der Waals surface area contributed by atoms with Crippen LogP contribution in [0.5, 0.6) is 0 Å². The minimum absolute atomic E-state index is 0.378. The van der Waals surface area contributed by atoms with Gasteiger partial charge in [0, 0.05) is 33.2 Å². The van der Waals surface area contributed by atoms with E-state index in [1.807, 2.05) is 7.05 Å². The van der Waals surface area contributed by atoms with E-state index in [0.29, 0.717) is 6.04 Å². The van der Waals surface area contributed by atoms with E-state index < -0.39 is 0 Å². The van der Waals surface area contributed by atoms with Crippen LogP contribution in [0.4, 0.5) is 0 Å². The number of rotatable bonds is 6. The predicted octanol–water partition coefficient (Wildman–Crippen LogP) is -0.0179. The molecule has 0 bridgehead atoms. The largest absolute Gasteiger partial charge is 0.383 e. The van der Waals surface area contributed by atoms with Crippen molar-refractivity contribution in [3.63, 3.8) is 0 Å². The molecule has 1 heterocycles. The lowest BCUT2D eigenvalue weighted by Gasteiger charge is -2.11. The molecule has 1 atom stereocenters. The van der Waals surface area contributed by atoms with E-state index in [0.717, 1.165) is 25.4 Å². The van der Waals surface area contributed by atoms with Gasteiger partial charge < -0.3 is 10.1 Å². The summed E-state index contributed by atoms with van der Waals surface area (Å²) in [4.78, 5) is 4.14. The minimum atomic E-state index is 0.378. The molecular weight excluding hydrogens is 180 g/mol. The van der Waals surface area contributed by atoms with Crippen LogP contribution in [0.15, 0.2) is 6.33 Å². The molecule has 14 heavy (non-hydrogen) atoms. The SMILES string of the molecule is COCC(C)NCCc1ncn(C)n1. The topological polar surface area (TPSA) is 52.0 Å². The van der Waals surface area contributed by atoms with Crippen molar-refractivity contribution in [2.24, 2.45) is 7.05 Å². The molecule has 1 N–H and O–H groups in total. The molecule has 5 heteroatoms. The highest BCUT2D eigenvalue weighted by molar-refractivity contribution is 4.82. The van der Waals surface area contributed by atoms with Crippen LogP contribution in [0.1, 0.15) is 12.7 Å². The first-order valence-electron chi connectivity index (χ1n) is 4.79. The molecule has 80 valence electrons. The molecule has 0 amide bonds. The van der Waals surface area contributed by atoms with Crippen LogP contribution in [0.3, 0.4) is 0 Å². The van der Waals surface area contributed by atoms with Crippen molar-refractivity contribution < 1.29 is 4.74 Å². The van der Waals surface area contributed by atoms with Gasteiger partial charge in [-0.1, -0.05) is 0 Å². The van der Waals surface area contributed by atoms with Crippen LogP contribution < -0.4 is 5.32 Å². The molecule has 0 saturated carbocycles. The summed E-state index contributed by atoms with van der Waals surface area (Å²) in [5.74, 6) is 0.879. The maximum Gasteiger partial charge on any atom is 0.151 e. The Morgan fingerprint density at radius 3 is 3.00 bits per heavy atom. The quantitative estimate of drug-likeness (QED) is 0.698. The van der Waals surface area contributed by atoms with Crippen molar-refractivity contribution in [3.05, 3.63) is 12.2 Å². The maximum atomic E-state index is 5.01. The fourth-order valence-electron chi connectivity index (χ4n) is 1.24. The van der Waals surface area contributed by atoms with Crippen LogP contribution in [0.2, 0.25) is 0 Å². The molecule has 0 aliphatic rings. The molecule has 1 unspecified atom stereocenters. The number of aromatic nitrogens is 3. The zero-order valence-corrected chi connectivity index (χ0v) is 9.03. The third-order valence-electron chi connectivity index (χ3n) is 1.91. The van der Waals surface area contributed by atoms with Crippen LogP contribution in [-0.4, -0.2) is 41.1 Å². The van der Waals surface area contributed by atoms with Crippen LogP contribution in [-0.2, 0) is 18.2 Å². The van der Waals surface area contributed by atoms with Gasteiger partial charge in [-0.05, 0) is 6.92 Å². The first kappa shape index (κ1) is 11.1. The fourth-order valence-corrected chi connectivity index (χ4v) is 1.24. The smallest absolute Gasteiger partial charge is 0.151 e. The lowest BCUT2D eigenvalue weighted by Crippen LogP contribution is -2.31. The Labute approximate surface area is 84.5 Å². The number of nitrogens with zero attached hydrogens (tertiary/aromatic N) is 3. The summed E-state index contributed by atoms with van der Waals surface area (Å²) in [6.07, 6.45) is 2.57. The van der Waals surface area contributed by atoms with E-state index in [1.165, 1.54) is 0 Å². The highest BCUT2D eigenvalue weighted by atomic mass is 16.5. The molecule has 1 aromatic heterocycles. The van der Waals surface area contributed by atoms with E-state index in [9.17, 15) is 0 Å². The fraction of sp³-hybridized carbons (Fsp3) is 0.778. The number of aryl methyl sites for hydroxylation is 1. The van der Waals surface area contributed by atoms with E-state index in [-0.39, 0.29) is 0 Å². The molecule has 0 radical (unpaired) electrons. The van der Waals surface area contributed by atoms with Gasteiger partial charge >= 0.3 is 0 Å². The molecule has 1 rings (SSSR count). The third-order valence-corrected chi connectivity index (χ3v) is 1.91. The molecule has 0 spiro atoms. The van der Waals surface area contributed by atoms with Crippen molar-refractivity contribution in [1.29, 1.82) is 0 Å². The van der Waals surface area contributed by atoms with E-state index >= 15 is 0 Å². The van der Waals surface area contributed by atoms with E-state index in [2.05, 4.69) is 22.3 Å². The lowest BCUT2D eigenvalue weighted by molar-refractivity contribution is 0.172. The first-order chi connectivity index (χ1) is 6.72. The van der Waals surface area contributed by atoms with E-state index in [4.69, 9.17) is 4.74 Å². The van der Waals surface area contributed by atoms with Gasteiger partial charge in [0.1, 0.15) is 6.33 Å². The normalized spacial score (nSPS) is 13.1. The van der Waals surface area contributed by atoms with Crippen molar-refractivity contribution in [2.75, 3.05) is 20.3 Å². The second-order valence-corrected chi connectivity index (χ2v) is 3.39. The van der Waals surface area contributed by atoms with Gasteiger partial charge in [-0.3, -0.25) is 4.68 Å². The number of ether oxygens (including phenoxy) is 1. The molecular formula is C9H18N4O. The summed E-state index contributed by atoms with van der Waals surface area (Å²) in [6.45, 7) is 3.71. The van der Waals surface area contributed by atoms with E-state index in [1.54, 1.807) is 18.1 Å². The Bertz CT molecular complexity index is 261. The maximum absolute atomic E-state index is 5.01. The molecule has 0 saturated heterocycles. The second kappa shape index (κ2) is 5.72. The number of hydrogen-bond acceptors (Lipinski definition) is 4. The summed E-state index contributed by atoms with van der Waals surface area (Å²) < 4.78 is 6.73. The number of nitrogens with one attached hydrogen (secondary N) is 1. The van der Waals surface area contributed by atoms with Gasteiger partial charge in [0.05, 0.1) is 6.61 Å². The summed E-state index contributed by atoms with van der Waals surface area (Å²) in [5, 5.41) is 7.51. The monoisotopic (exact) mass is 198 g/mol. The lowest BCUT2D eigenvalue weighted by atomic mass is 10.3. The molecule has 0 aliphatic heterocycles. The third kappa shape index (κ3) is 3.85. The molecule has 0 fully saturated rings. The highest BCUT2D eigenvalue weighted by Gasteiger charge is 2.01. The summed E-state index contributed by atoms with van der Waals surface area (Å²) in [7, 11) is 3.58. The van der Waals surface area contributed by atoms with Crippen LogP contribution in [0, 0.1) is 0 Å². The average Bonchev–Trinajstić information content (AvgIpc) is 2.52. The van der Waals surface area contributed by atoms with Gasteiger partial charge in [-0.2, -0.15) is 5.10 Å². The van der Waals surface area contributed by atoms with Crippen LogP contribution >= 0.6 is 0 Å². The Morgan fingerprint density at radius 2 is 2.43 bits per heavy atom. The van der Waals surface area contributed by atoms with Gasteiger partial charge in [0.15, 0.2) is 5.82 Å². The van der Waals surface area contributed by atoms with Crippen molar-refractivity contribution >= 4 is 0 Å².